The topological polar surface area (TPSA) is 61.4 Å². The van der Waals surface area contributed by atoms with Crippen LogP contribution in [0.2, 0.25) is 0 Å². The number of amides is 2. The Morgan fingerprint density at radius 1 is 1.12 bits per heavy atom. The van der Waals surface area contributed by atoms with Crippen LogP contribution < -0.4 is 10.6 Å². The van der Waals surface area contributed by atoms with E-state index in [1.54, 1.807) is 4.90 Å². The van der Waals surface area contributed by atoms with E-state index in [4.69, 9.17) is 0 Å². The van der Waals surface area contributed by atoms with Gasteiger partial charge in [0.2, 0.25) is 11.8 Å². The maximum absolute atomic E-state index is 11.5. The Hall–Kier alpha value is -1.10. The Labute approximate surface area is 97.6 Å². The fraction of sp³-hybridized carbons (Fsp3) is 0.818. The van der Waals surface area contributed by atoms with E-state index in [-0.39, 0.29) is 18.4 Å². The number of carbonyl (C=O) groups is 2. The SMILES string of the molecule is CCNCCC(=O)NCC(=O)N(CC)CC. The average Bonchev–Trinajstić information content (AvgIpc) is 2.28. The van der Waals surface area contributed by atoms with Crippen LogP contribution >= 0.6 is 0 Å². The zero-order valence-electron chi connectivity index (χ0n) is 10.5. The van der Waals surface area contributed by atoms with Gasteiger partial charge in [-0.15, -0.1) is 0 Å². The van der Waals surface area contributed by atoms with Crippen LogP contribution in [0.1, 0.15) is 27.2 Å². The molecule has 0 unspecified atom stereocenters. The van der Waals surface area contributed by atoms with Gasteiger partial charge in [0, 0.05) is 26.1 Å². The minimum Gasteiger partial charge on any atom is -0.347 e. The van der Waals surface area contributed by atoms with Crippen LogP contribution in [-0.4, -0.2) is 49.4 Å². The second kappa shape index (κ2) is 9.15. The highest BCUT2D eigenvalue weighted by Gasteiger charge is 2.10. The van der Waals surface area contributed by atoms with Crippen LogP contribution in [0.15, 0.2) is 0 Å². The third-order valence-corrected chi connectivity index (χ3v) is 2.33. The van der Waals surface area contributed by atoms with Gasteiger partial charge < -0.3 is 15.5 Å². The van der Waals surface area contributed by atoms with Crippen molar-refractivity contribution in [2.75, 3.05) is 32.7 Å². The van der Waals surface area contributed by atoms with Crippen molar-refractivity contribution < 1.29 is 9.59 Å². The molecule has 0 atom stereocenters. The second-order valence-corrected chi connectivity index (χ2v) is 3.45. The normalized spacial score (nSPS) is 9.94. The van der Waals surface area contributed by atoms with Crippen LogP contribution in [-0.2, 0) is 9.59 Å². The van der Waals surface area contributed by atoms with Gasteiger partial charge in [0.25, 0.3) is 0 Å². The number of likely N-dealkylation sites (N-methyl/N-ethyl adjacent to an activating group) is 1. The van der Waals surface area contributed by atoms with Crippen molar-refractivity contribution in [1.29, 1.82) is 0 Å². The number of hydrogen-bond acceptors (Lipinski definition) is 3. The summed E-state index contributed by atoms with van der Waals surface area (Å²) in [6, 6.07) is 0. The molecule has 5 heteroatoms. The molecule has 0 aromatic carbocycles. The van der Waals surface area contributed by atoms with Crippen molar-refractivity contribution in [3.63, 3.8) is 0 Å². The van der Waals surface area contributed by atoms with E-state index in [1.165, 1.54) is 0 Å². The Balaban J connectivity index is 3.70. The smallest absolute Gasteiger partial charge is 0.241 e. The minimum absolute atomic E-state index is 0.0261. The standard InChI is InChI=1S/C11H23N3O2/c1-4-12-8-7-10(15)13-9-11(16)14(5-2)6-3/h12H,4-9H2,1-3H3,(H,13,15). The van der Waals surface area contributed by atoms with Crippen molar-refractivity contribution in [1.82, 2.24) is 15.5 Å². The van der Waals surface area contributed by atoms with Crippen molar-refractivity contribution in [3.8, 4) is 0 Å². The van der Waals surface area contributed by atoms with Crippen LogP contribution in [0.3, 0.4) is 0 Å². The van der Waals surface area contributed by atoms with E-state index < -0.39 is 0 Å². The molecule has 0 aliphatic heterocycles. The first-order valence-electron chi connectivity index (χ1n) is 5.90. The van der Waals surface area contributed by atoms with Crippen LogP contribution in [0, 0.1) is 0 Å². The first-order valence-corrected chi connectivity index (χ1v) is 5.90. The van der Waals surface area contributed by atoms with Gasteiger partial charge in [-0.1, -0.05) is 6.92 Å². The van der Waals surface area contributed by atoms with E-state index in [2.05, 4.69) is 10.6 Å². The fourth-order valence-corrected chi connectivity index (χ4v) is 1.33. The van der Waals surface area contributed by atoms with Gasteiger partial charge in [-0.3, -0.25) is 9.59 Å². The predicted molar refractivity (Wildman–Crippen MR) is 64.1 cm³/mol. The highest BCUT2D eigenvalue weighted by molar-refractivity contribution is 5.84. The summed E-state index contributed by atoms with van der Waals surface area (Å²) in [5.74, 6) is -0.108. The first-order chi connectivity index (χ1) is 7.65. The summed E-state index contributed by atoms with van der Waals surface area (Å²) >= 11 is 0. The van der Waals surface area contributed by atoms with Gasteiger partial charge in [-0.2, -0.15) is 0 Å². The molecule has 2 N–H and O–H groups in total. The van der Waals surface area contributed by atoms with E-state index in [1.807, 2.05) is 20.8 Å². The Bertz CT molecular complexity index is 215. The molecule has 0 saturated heterocycles. The number of nitrogens with zero attached hydrogens (tertiary/aromatic N) is 1. The molecule has 0 aliphatic rings. The first kappa shape index (κ1) is 14.9. The van der Waals surface area contributed by atoms with E-state index in [0.717, 1.165) is 6.54 Å². The van der Waals surface area contributed by atoms with Gasteiger partial charge in [-0.05, 0) is 20.4 Å². The molecule has 0 radical (unpaired) electrons. The molecular weight excluding hydrogens is 206 g/mol. The van der Waals surface area contributed by atoms with Crippen LogP contribution in [0.25, 0.3) is 0 Å². The number of carbonyl (C=O) groups excluding carboxylic acids is 2. The van der Waals surface area contributed by atoms with Crippen molar-refractivity contribution in [3.05, 3.63) is 0 Å². The lowest BCUT2D eigenvalue weighted by molar-refractivity contribution is -0.132. The lowest BCUT2D eigenvalue weighted by Gasteiger charge is -2.18. The molecule has 0 aromatic heterocycles. The lowest BCUT2D eigenvalue weighted by atomic mass is 10.3. The summed E-state index contributed by atoms with van der Waals surface area (Å²) in [5.41, 5.74) is 0. The van der Waals surface area contributed by atoms with Crippen molar-refractivity contribution >= 4 is 11.8 Å². The average molecular weight is 229 g/mol. The van der Waals surface area contributed by atoms with E-state index >= 15 is 0 Å². The summed E-state index contributed by atoms with van der Waals surface area (Å²) < 4.78 is 0. The van der Waals surface area contributed by atoms with Crippen molar-refractivity contribution in [2.24, 2.45) is 0 Å². The maximum atomic E-state index is 11.5. The molecule has 2 amide bonds. The summed E-state index contributed by atoms with van der Waals surface area (Å²) in [6.45, 7) is 8.82. The highest BCUT2D eigenvalue weighted by Crippen LogP contribution is 1.87. The molecule has 0 fully saturated rings. The fourth-order valence-electron chi connectivity index (χ4n) is 1.33. The third-order valence-electron chi connectivity index (χ3n) is 2.33. The van der Waals surface area contributed by atoms with Gasteiger partial charge in [0.15, 0.2) is 0 Å². The molecule has 0 bridgehead atoms. The third kappa shape index (κ3) is 6.40. The molecule has 0 aliphatic carbocycles. The zero-order chi connectivity index (χ0) is 12.4. The number of nitrogens with one attached hydrogen (secondary N) is 2. The van der Waals surface area contributed by atoms with Crippen LogP contribution in [0.4, 0.5) is 0 Å². The van der Waals surface area contributed by atoms with Gasteiger partial charge in [0.1, 0.15) is 0 Å². The Morgan fingerprint density at radius 2 is 1.75 bits per heavy atom. The zero-order valence-corrected chi connectivity index (χ0v) is 10.5. The molecular formula is C11H23N3O2. The van der Waals surface area contributed by atoms with Gasteiger partial charge >= 0.3 is 0 Å². The molecule has 0 spiro atoms. The van der Waals surface area contributed by atoms with Crippen LogP contribution in [0.5, 0.6) is 0 Å². The molecule has 5 nitrogen and oxygen atoms in total. The highest BCUT2D eigenvalue weighted by atomic mass is 16.2. The molecule has 0 aromatic rings. The molecule has 16 heavy (non-hydrogen) atoms. The molecule has 0 heterocycles. The summed E-state index contributed by atoms with van der Waals surface area (Å²) in [6.07, 6.45) is 0.416. The van der Waals surface area contributed by atoms with E-state index in [9.17, 15) is 9.59 Å². The summed E-state index contributed by atoms with van der Waals surface area (Å²) in [5, 5.41) is 5.68. The predicted octanol–water partition coefficient (Wildman–Crippen LogP) is -0.0294. The summed E-state index contributed by atoms with van der Waals surface area (Å²) in [4.78, 5) is 24.5. The van der Waals surface area contributed by atoms with Crippen molar-refractivity contribution in [2.45, 2.75) is 27.2 Å². The number of rotatable bonds is 8. The second-order valence-electron chi connectivity index (χ2n) is 3.45. The Morgan fingerprint density at radius 3 is 2.25 bits per heavy atom. The quantitative estimate of drug-likeness (QED) is 0.575. The monoisotopic (exact) mass is 229 g/mol. The number of hydrogen-bond donors (Lipinski definition) is 2. The lowest BCUT2D eigenvalue weighted by Crippen LogP contribution is -2.40. The van der Waals surface area contributed by atoms with E-state index in [0.29, 0.717) is 26.1 Å². The molecule has 0 rings (SSSR count). The summed E-state index contributed by atoms with van der Waals surface area (Å²) in [7, 11) is 0. The largest absolute Gasteiger partial charge is 0.347 e. The maximum Gasteiger partial charge on any atom is 0.241 e. The molecule has 94 valence electrons. The van der Waals surface area contributed by atoms with Gasteiger partial charge in [0.05, 0.1) is 6.54 Å². The molecule has 0 saturated carbocycles. The minimum atomic E-state index is -0.0820. The van der Waals surface area contributed by atoms with Gasteiger partial charge in [-0.25, -0.2) is 0 Å². The Kier molecular flexibility index (Phi) is 8.52.